The predicted molar refractivity (Wildman–Crippen MR) is 91.6 cm³/mol. The zero-order valence-electron chi connectivity index (χ0n) is 14.0. The van der Waals surface area contributed by atoms with Gasteiger partial charge in [-0.05, 0) is 48.7 Å². The van der Waals surface area contributed by atoms with Crippen molar-refractivity contribution < 1.29 is 18.0 Å². The van der Waals surface area contributed by atoms with Gasteiger partial charge in [0, 0.05) is 12.2 Å². The van der Waals surface area contributed by atoms with E-state index >= 15 is 0 Å². The number of carbonyl (C=O) groups excluding carboxylic acids is 1. The van der Waals surface area contributed by atoms with Crippen LogP contribution in [0.25, 0.3) is 0 Å². The summed E-state index contributed by atoms with van der Waals surface area (Å²) in [5.41, 5.74) is 0.514. The lowest BCUT2D eigenvalue weighted by Crippen LogP contribution is -2.14. The first-order chi connectivity index (χ1) is 11.8. The zero-order chi connectivity index (χ0) is 18.4. The van der Waals surface area contributed by atoms with Crippen LogP contribution in [-0.2, 0) is 6.18 Å². The largest absolute Gasteiger partial charge is 0.416 e. The predicted octanol–water partition coefficient (Wildman–Crippen LogP) is 4.81. The number of hydrogen-bond acceptors (Lipinski definition) is 3. The molecule has 134 valence electrons. The second-order valence-corrected chi connectivity index (χ2v) is 6.07. The van der Waals surface area contributed by atoms with Gasteiger partial charge in [-0.1, -0.05) is 13.8 Å². The molecule has 2 rings (SSSR count). The second-order valence-electron chi connectivity index (χ2n) is 6.07. The third-order valence-corrected chi connectivity index (χ3v) is 3.52. The van der Waals surface area contributed by atoms with Gasteiger partial charge >= 0.3 is 6.18 Å². The molecule has 1 heterocycles. The number of carbonyl (C=O) groups is 1. The summed E-state index contributed by atoms with van der Waals surface area (Å²) in [4.78, 5) is 16.2. The van der Waals surface area contributed by atoms with Gasteiger partial charge in [-0.3, -0.25) is 4.79 Å². The minimum atomic E-state index is -4.40. The van der Waals surface area contributed by atoms with Crippen molar-refractivity contribution in [3.8, 4) is 0 Å². The first-order valence-corrected chi connectivity index (χ1v) is 7.94. The van der Waals surface area contributed by atoms with Crippen LogP contribution in [0, 0.1) is 5.92 Å². The van der Waals surface area contributed by atoms with Crippen LogP contribution in [0.4, 0.5) is 24.5 Å². The van der Waals surface area contributed by atoms with Gasteiger partial charge in [0.15, 0.2) is 0 Å². The summed E-state index contributed by atoms with van der Waals surface area (Å²) in [7, 11) is 0. The minimum absolute atomic E-state index is 0.189. The summed E-state index contributed by atoms with van der Waals surface area (Å²) in [6.45, 7) is 5.08. The van der Waals surface area contributed by atoms with Gasteiger partial charge in [0.25, 0.3) is 5.91 Å². The number of rotatable bonds is 6. The van der Waals surface area contributed by atoms with Crippen molar-refractivity contribution >= 4 is 17.3 Å². The number of pyridine rings is 1. The highest BCUT2D eigenvalue weighted by atomic mass is 19.4. The number of halogens is 3. The van der Waals surface area contributed by atoms with Crippen molar-refractivity contribution in [3.63, 3.8) is 0 Å². The Morgan fingerprint density at radius 2 is 1.72 bits per heavy atom. The van der Waals surface area contributed by atoms with Gasteiger partial charge in [-0.2, -0.15) is 13.2 Å². The van der Waals surface area contributed by atoms with E-state index in [9.17, 15) is 18.0 Å². The molecule has 0 aliphatic carbocycles. The van der Waals surface area contributed by atoms with Crippen molar-refractivity contribution in [2.45, 2.75) is 26.4 Å². The van der Waals surface area contributed by atoms with E-state index in [1.54, 1.807) is 18.3 Å². The maximum Gasteiger partial charge on any atom is 0.416 e. The van der Waals surface area contributed by atoms with Gasteiger partial charge < -0.3 is 10.6 Å². The number of amides is 1. The number of anilines is 2. The fourth-order valence-corrected chi connectivity index (χ4v) is 2.08. The molecule has 0 atom stereocenters. The van der Waals surface area contributed by atoms with Crippen LogP contribution in [0.1, 0.15) is 36.3 Å². The van der Waals surface area contributed by atoms with Crippen LogP contribution < -0.4 is 10.6 Å². The molecule has 7 heteroatoms. The highest BCUT2D eigenvalue weighted by molar-refractivity contribution is 6.02. The topological polar surface area (TPSA) is 54.0 Å². The third-order valence-electron chi connectivity index (χ3n) is 3.52. The average molecular weight is 351 g/mol. The average Bonchev–Trinajstić information content (AvgIpc) is 2.55. The Hall–Kier alpha value is -2.57. The summed E-state index contributed by atoms with van der Waals surface area (Å²) in [6.07, 6.45) is -1.82. The SMILES string of the molecule is CC(C)CCNc1ccc(C(=O)Nc2ccc(C(F)(F)F)cc2)nc1. The Labute approximate surface area is 144 Å². The third kappa shape index (κ3) is 5.77. The van der Waals surface area contributed by atoms with E-state index in [1.165, 1.54) is 12.1 Å². The van der Waals surface area contributed by atoms with E-state index in [2.05, 4.69) is 29.5 Å². The molecule has 0 saturated carbocycles. The first-order valence-electron chi connectivity index (χ1n) is 7.94. The Balaban J connectivity index is 1.94. The highest BCUT2D eigenvalue weighted by Crippen LogP contribution is 2.29. The Morgan fingerprint density at radius 1 is 1.08 bits per heavy atom. The smallest absolute Gasteiger partial charge is 0.384 e. The number of nitrogens with one attached hydrogen (secondary N) is 2. The molecule has 0 aliphatic rings. The molecule has 0 aliphatic heterocycles. The lowest BCUT2D eigenvalue weighted by Gasteiger charge is -2.10. The molecule has 0 radical (unpaired) electrons. The van der Waals surface area contributed by atoms with Gasteiger partial charge in [0.1, 0.15) is 5.69 Å². The van der Waals surface area contributed by atoms with Crippen molar-refractivity contribution in [2.24, 2.45) is 5.92 Å². The Morgan fingerprint density at radius 3 is 2.24 bits per heavy atom. The number of nitrogens with zero attached hydrogens (tertiary/aromatic N) is 1. The quantitative estimate of drug-likeness (QED) is 0.785. The number of alkyl halides is 3. The number of hydrogen-bond donors (Lipinski definition) is 2. The lowest BCUT2D eigenvalue weighted by atomic mass is 10.1. The lowest BCUT2D eigenvalue weighted by molar-refractivity contribution is -0.137. The van der Waals surface area contributed by atoms with Gasteiger partial charge in [-0.15, -0.1) is 0 Å². The van der Waals surface area contributed by atoms with Crippen molar-refractivity contribution in [2.75, 3.05) is 17.2 Å². The van der Waals surface area contributed by atoms with E-state index in [-0.39, 0.29) is 11.4 Å². The molecule has 1 amide bonds. The molecular weight excluding hydrogens is 331 g/mol. The molecule has 0 fully saturated rings. The van der Waals surface area contributed by atoms with Crippen molar-refractivity contribution in [1.29, 1.82) is 0 Å². The maximum atomic E-state index is 12.5. The second kappa shape index (κ2) is 8.00. The van der Waals surface area contributed by atoms with Crippen LogP contribution in [0.2, 0.25) is 0 Å². The van der Waals surface area contributed by atoms with Gasteiger partial charge in [0.05, 0.1) is 17.4 Å². The number of benzene rings is 1. The molecule has 0 bridgehead atoms. The van der Waals surface area contributed by atoms with E-state index in [0.717, 1.165) is 30.8 Å². The number of aromatic nitrogens is 1. The molecule has 4 nitrogen and oxygen atoms in total. The van der Waals surface area contributed by atoms with Crippen LogP contribution in [0.15, 0.2) is 42.6 Å². The van der Waals surface area contributed by atoms with E-state index < -0.39 is 17.6 Å². The van der Waals surface area contributed by atoms with Crippen molar-refractivity contribution in [1.82, 2.24) is 4.98 Å². The zero-order valence-corrected chi connectivity index (χ0v) is 14.0. The first kappa shape index (κ1) is 18.8. The van der Waals surface area contributed by atoms with E-state index in [1.807, 2.05) is 0 Å². The van der Waals surface area contributed by atoms with Crippen LogP contribution >= 0.6 is 0 Å². The minimum Gasteiger partial charge on any atom is -0.384 e. The molecule has 2 N–H and O–H groups in total. The summed E-state index contributed by atoms with van der Waals surface area (Å²) < 4.78 is 37.5. The summed E-state index contributed by atoms with van der Waals surface area (Å²) >= 11 is 0. The molecule has 25 heavy (non-hydrogen) atoms. The maximum absolute atomic E-state index is 12.5. The van der Waals surface area contributed by atoms with Crippen LogP contribution in [0.3, 0.4) is 0 Å². The van der Waals surface area contributed by atoms with Crippen LogP contribution in [0.5, 0.6) is 0 Å². The summed E-state index contributed by atoms with van der Waals surface area (Å²) in [5.74, 6) is 0.114. The molecule has 2 aromatic rings. The fourth-order valence-electron chi connectivity index (χ4n) is 2.08. The molecule has 1 aromatic heterocycles. The molecule has 0 unspecified atom stereocenters. The standard InChI is InChI=1S/C18H20F3N3O/c1-12(2)9-10-22-15-7-8-16(23-11-15)17(25)24-14-5-3-13(4-6-14)18(19,20)21/h3-8,11-12,22H,9-10H2,1-2H3,(H,24,25). The molecular formula is C18H20F3N3O. The summed E-state index contributed by atoms with van der Waals surface area (Å²) in [6, 6.07) is 7.58. The van der Waals surface area contributed by atoms with Crippen molar-refractivity contribution in [3.05, 3.63) is 53.9 Å². The normalized spacial score (nSPS) is 11.4. The van der Waals surface area contributed by atoms with E-state index in [0.29, 0.717) is 5.92 Å². The fraction of sp³-hybridized carbons (Fsp3) is 0.333. The van der Waals surface area contributed by atoms with Gasteiger partial charge in [-0.25, -0.2) is 4.98 Å². The van der Waals surface area contributed by atoms with E-state index in [4.69, 9.17) is 0 Å². The Bertz CT molecular complexity index is 695. The highest BCUT2D eigenvalue weighted by Gasteiger charge is 2.30. The monoisotopic (exact) mass is 351 g/mol. The Kier molecular flexibility index (Phi) is 6.01. The van der Waals surface area contributed by atoms with Crippen LogP contribution in [-0.4, -0.2) is 17.4 Å². The molecule has 0 saturated heterocycles. The molecule has 1 aromatic carbocycles. The molecule has 0 spiro atoms. The summed E-state index contributed by atoms with van der Waals surface area (Å²) in [5, 5.41) is 5.74. The van der Waals surface area contributed by atoms with Gasteiger partial charge in [0.2, 0.25) is 0 Å².